The number of unbranched alkanes of at least 4 members (excludes halogenated alkanes) is 1. The highest BCUT2D eigenvalue weighted by Crippen LogP contribution is 2.28. The zero-order valence-electron chi connectivity index (χ0n) is 26.4. The number of nitrogens with one attached hydrogen (secondary N) is 1. The maximum Gasteiger partial charge on any atom is 0.264 e. The van der Waals surface area contributed by atoms with Crippen molar-refractivity contribution in [3.8, 4) is 5.75 Å². The van der Waals surface area contributed by atoms with E-state index < -0.39 is 28.5 Å². The Morgan fingerprint density at radius 3 is 2.26 bits per heavy atom. The van der Waals surface area contributed by atoms with Gasteiger partial charge in [0.25, 0.3) is 10.0 Å². The number of aryl methyl sites for hydroxylation is 1. The molecule has 1 N–H and O–H groups in total. The minimum atomic E-state index is -4.22. The number of rotatable bonds is 15. The van der Waals surface area contributed by atoms with Crippen LogP contribution in [0, 0.1) is 6.92 Å². The number of sulfonamides is 1. The van der Waals surface area contributed by atoms with Crippen LogP contribution in [-0.4, -0.2) is 51.4 Å². The lowest BCUT2D eigenvalue weighted by Gasteiger charge is -2.34. The Bertz CT molecular complexity index is 1720. The number of anilines is 1. The monoisotopic (exact) mass is 661 g/mol. The number of benzene rings is 4. The lowest BCUT2D eigenvalue weighted by Crippen LogP contribution is -2.53. The summed E-state index contributed by atoms with van der Waals surface area (Å²) in [4.78, 5) is 29.9. The Labute approximate surface area is 277 Å². The number of methoxy groups -OCH3 is 1. The van der Waals surface area contributed by atoms with E-state index in [1.807, 2.05) is 50.2 Å². The summed E-state index contributed by atoms with van der Waals surface area (Å²) in [5.74, 6) is -0.436. The molecule has 0 saturated heterocycles. The maximum absolute atomic E-state index is 14.5. The summed E-state index contributed by atoms with van der Waals surface area (Å²) in [5, 5.41) is 3.47. The number of carbonyl (C=O) groups is 2. The molecule has 4 rings (SSSR count). The van der Waals surface area contributed by atoms with Crippen LogP contribution in [0.1, 0.15) is 36.5 Å². The molecule has 0 aromatic heterocycles. The van der Waals surface area contributed by atoms with Gasteiger partial charge < -0.3 is 15.0 Å². The quantitative estimate of drug-likeness (QED) is 0.149. The summed E-state index contributed by atoms with van der Waals surface area (Å²) in [7, 11) is -2.73. The van der Waals surface area contributed by atoms with Crippen LogP contribution in [-0.2, 0) is 32.6 Å². The number of nitrogens with zero attached hydrogens (tertiary/aromatic N) is 2. The van der Waals surface area contributed by atoms with Crippen molar-refractivity contribution in [1.82, 2.24) is 10.2 Å². The number of carbonyl (C=O) groups excluding carboxylic acids is 2. The van der Waals surface area contributed by atoms with E-state index in [1.165, 1.54) is 24.1 Å². The van der Waals surface area contributed by atoms with E-state index in [0.717, 1.165) is 28.3 Å². The Morgan fingerprint density at radius 2 is 1.59 bits per heavy atom. The lowest BCUT2D eigenvalue weighted by atomic mass is 10.0. The van der Waals surface area contributed by atoms with Crippen molar-refractivity contribution in [2.24, 2.45) is 0 Å². The highest BCUT2D eigenvalue weighted by Gasteiger charge is 2.34. The van der Waals surface area contributed by atoms with Crippen LogP contribution in [0.25, 0.3) is 0 Å². The van der Waals surface area contributed by atoms with Gasteiger partial charge in [-0.05, 0) is 60.9 Å². The van der Waals surface area contributed by atoms with E-state index in [-0.39, 0.29) is 29.5 Å². The van der Waals surface area contributed by atoms with Gasteiger partial charge in [0.2, 0.25) is 11.8 Å². The molecule has 0 aliphatic heterocycles. The Kier molecular flexibility index (Phi) is 12.2. The van der Waals surface area contributed by atoms with E-state index in [2.05, 4.69) is 5.32 Å². The van der Waals surface area contributed by atoms with Crippen LogP contribution >= 0.6 is 11.6 Å². The summed E-state index contributed by atoms with van der Waals surface area (Å²) < 4.78 is 34.8. The fourth-order valence-corrected chi connectivity index (χ4v) is 6.64. The average molecular weight is 662 g/mol. The lowest BCUT2D eigenvalue weighted by molar-refractivity contribution is -0.140. The second-order valence-electron chi connectivity index (χ2n) is 11.0. The molecule has 0 bridgehead atoms. The highest BCUT2D eigenvalue weighted by atomic mass is 35.5. The smallest absolute Gasteiger partial charge is 0.264 e. The molecule has 8 nitrogen and oxygen atoms in total. The zero-order valence-corrected chi connectivity index (χ0v) is 27.9. The topological polar surface area (TPSA) is 96.0 Å². The average Bonchev–Trinajstić information content (AvgIpc) is 3.05. The molecule has 46 heavy (non-hydrogen) atoms. The number of hydrogen-bond donors (Lipinski definition) is 1. The first-order valence-electron chi connectivity index (χ1n) is 15.2. The Morgan fingerprint density at radius 1 is 0.891 bits per heavy atom. The molecule has 0 saturated carbocycles. The molecule has 0 aliphatic carbocycles. The highest BCUT2D eigenvalue weighted by molar-refractivity contribution is 7.92. The van der Waals surface area contributed by atoms with E-state index in [0.29, 0.717) is 22.9 Å². The number of halogens is 1. The van der Waals surface area contributed by atoms with Crippen LogP contribution in [0.5, 0.6) is 5.75 Å². The van der Waals surface area contributed by atoms with Crippen LogP contribution in [0.15, 0.2) is 108 Å². The first-order chi connectivity index (χ1) is 22.1. The second kappa shape index (κ2) is 16.3. The van der Waals surface area contributed by atoms with Gasteiger partial charge in [-0.25, -0.2) is 8.42 Å². The van der Waals surface area contributed by atoms with Crippen molar-refractivity contribution < 1.29 is 22.7 Å². The first kappa shape index (κ1) is 34.5. The van der Waals surface area contributed by atoms with E-state index >= 15 is 0 Å². The van der Waals surface area contributed by atoms with E-state index in [1.54, 1.807) is 54.6 Å². The molecule has 4 aromatic carbocycles. The molecule has 0 radical (unpaired) electrons. The van der Waals surface area contributed by atoms with Crippen molar-refractivity contribution in [3.63, 3.8) is 0 Å². The zero-order chi connectivity index (χ0) is 33.1. The standard InChI is InChI=1S/C36H40ClN3O5S/c1-4-5-21-38-36(42)34(23-28-11-7-6-8-12-28)39(25-29-13-9-14-30(37)22-29)35(41)26-40(31-15-10-16-32(24-31)45-3)46(43,44)33-19-17-27(2)18-20-33/h6-20,22,24,34H,4-5,21,23,25-26H2,1-3H3,(H,38,42). The molecular formula is C36H40ClN3O5S. The van der Waals surface area contributed by atoms with Gasteiger partial charge in [0.15, 0.2) is 0 Å². The van der Waals surface area contributed by atoms with E-state index in [9.17, 15) is 18.0 Å². The van der Waals surface area contributed by atoms with Gasteiger partial charge in [0.1, 0.15) is 18.3 Å². The first-order valence-corrected chi connectivity index (χ1v) is 17.0. The number of amides is 2. The summed E-state index contributed by atoms with van der Waals surface area (Å²) in [5.41, 5.74) is 2.71. The molecule has 2 amide bonds. The normalized spacial score (nSPS) is 11.8. The van der Waals surface area contributed by atoms with Gasteiger partial charge in [0, 0.05) is 30.6 Å². The minimum absolute atomic E-state index is 0.0354. The second-order valence-corrected chi connectivity index (χ2v) is 13.3. The third kappa shape index (κ3) is 9.11. The fourth-order valence-electron chi connectivity index (χ4n) is 5.02. The van der Waals surface area contributed by atoms with Gasteiger partial charge in [0.05, 0.1) is 17.7 Å². The molecule has 1 unspecified atom stereocenters. The molecule has 4 aromatic rings. The summed E-state index contributed by atoms with van der Waals surface area (Å²) in [6.45, 7) is 3.83. The summed E-state index contributed by atoms with van der Waals surface area (Å²) in [6.07, 6.45) is 1.90. The predicted octanol–water partition coefficient (Wildman–Crippen LogP) is 6.41. The molecule has 242 valence electrons. The minimum Gasteiger partial charge on any atom is -0.497 e. The third-order valence-corrected chi connectivity index (χ3v) is 9.59. The largest absolute Gasteiger partial charge is 0.497 e. The van der Waals surface area contributed by atoms with E-state index in [4.69, 9.17) is 16.3 Å². The number of ether oxygens (including phenoxy) is 1. The van der Waals surface area contributed by atoms with Gasteiger partial charge in [-0.15, -0.1) is 0 Å². The molecule has 0 spiro atoms. The molecular weight excluding hydrogens is 622 g/mol. The van der Waals surface area contributed by atoms with Crippen molar-refractivity contribution in [3.05, 3.63) is 125 Å². The van der Waals surface area contributed by atoms with Crippen LogP contribution in [0.4, 0.5) is 5.69 Å². The number of hydrogen-bond acceptors (Lipinski definition) is 5. The summed E-state index contributed by atoms with van der Waals surface area (Å²) >= 11 is 6.31. The maximum atomic E-state index is 14.5. The van der Waals surface area contributed by atoms with Gasteiger partial charge in [-0.1, -0.05) is 91.2 Å². The fraction of sp³-hybridized carbons (Fsp3) is 0.278. The van der Waals surface area contributed by atoms with Crippen LogP contribution < -0.4 is 14.4 Å². The van der Waals surface area contributed by atoms with Crippen molar-refractivity contribution in [2.45, 2.75) is 50.6 Å². The Balaban J connectivity index is 1.80. The van der Waals surface area contributed by atoms with Gasteiger partial charge >= 0.3 is 0 Å². The van der Waals surface area contributed by atoms with Crippen molar-refractivity contribution >= 4 is 39.1 Å². The van der Waals surface area contributed by atoms with Gasteiger partial charge in [-0.3, -0.25) is 13.9 Å². The molecule has 0 aliphatic rings. The van der Waals surface area contributed by atoms with Crippen LogP contribution in [0.2, 0.25) is 5.02 Å². The Hall–Kier alpha value is -4.34. The predicted molar refractivity (Wildman–Crippen MR) is 183 cm³/mol. The van der Waals surface area contributed by atoms with Crippen molar-refractivity contribution in [1.29, 1.82) is 0 Å². The summed E-state index contributed by atoms with van der Waals surface area (Å²) in [6, 6.07) is 28.6. The molecule has 0 heterocycles. The SMILES string of the molecule is CCCCNC(=O)C(Cc1ccccc1)N(Cc1cccc(Cl)c1)C(=O)CN(c1cccc(OC)c1)S(=O)(=O)c1ccc(C)cc1. The molecule has 10 heteroatoms. The van der Waals surface area contributed by atoms with Gasteiger partial charge in [-0.2, -0.15) is 0 Å². The molecule has 1 atom stereocenters. The van der Waals surface area contributed by atoms with Crippen molar-refractivity contribution in [2.75, 3.05) is 24.5 Å². The third-order valence-electron chi connectivity index (χ3n) is 7.57. The molecule has 0 fully saturated rings. The van der Waals surface area contributed by atoms with Crippen LogP contribution in [0.3, 0.4) is 0 Å².